The van der Waals surface area contributed by atoms with Crippen molar-refractivity contribution in [3.63, 3.8) is 0 Å². The zero-order valence-electron chi connectivity index (χ0n) is 16.6. The summed E-state index contributed by atoms with van der Waals surface area (Å²) in [5.41, 5.74) is 2.27. The number of hydrogen-bond donors (Lipinski definition) is 0. The Morgan fingerprint density at radius 1 is 1.32 bits per heavy atom. The quantitative estimate of drug-likeness (QED) is 0.336. The molecule has 4 nitrogen and oxygen atoms in total. The van der Waals surface area contributed by atoms with Gasteiger partial charge in [-0.1, -0.05) is 33.6 Å². The van der Waals surface area contributed by atoms with Gasteiger partial charge in [0.05, 0.1) is 6.61 Å². The van der Waals surface area contributed by atoms with Gasteiger partial charge >= 0.3 is 5.97 Å². The van der Waals surface area contributed by atoms with E-state index in [1.807, 2.05) is 0 Å². The molecule has 0 aliphatic heterocycles. The van der Waals surface area contributed by atoms with E-state index in [1.165, 1.54) is 5.70 Å². The van der Waals surface area contributed by atoms with Gasteiger partial charge in [-0.3, -0.25) is 0 Å². The SMILES string of the molecule is CCCC(C)N(CC(C)CC)C1=CC(=C(C#N)C(=O)OCC)CCC1. The van der Waals surface area contributed by atoms with Crippen molar-refractivity contribution in [2.24, 2.45) is 5.92 Å². The van der Waals surface area contributed by atoms with Crippen molar-refractivity contribution in [1.82, 2.24) is 4.90 Å². The van der Waals surface area contributed by atoms with Crippen LogP contribution in [0.2, 0.25) is 0 Å². The summed E-state index contributed by atoms with van der Waals surface area (Å²) in [6.07, 6.45) is 8.28. The van der Waals surface area contributed by atoms with E-state index in [-0.39, 0.29) is 5.57 Å². The Morgan fingerprint density at radius 3 is 2.60 bits per heavy atom. The first-order valence-corrected chi connectivity index (χ1v) is 9.75. The molecule has 0 N–H and O–H groups in total. The van der Waals surface area contributed by atoms with E-state index in [0.717, 1.165) is 50.6 Å². The summed E-state index contributed by atoms with van der Waals surface area (Å²) < 4.78 is 5.05. The summed E-state index contributed by atoms with van der Waals surface area (Å²) in [6.45, 7) is 12.1. The molecular formula is C21H34N2O2. The summed E-state index contributed by atoms with van der Waals surface area (Å²) >= 11 is 0. The molecule has 0 heterocycles. The summed E-state index contributed by atoms with van der Waals surface area (Å²) in [6, 6.07) is 2.53. The van der Waals surface area contributed by atoms with Crippen LogP contribution < -0.4 is 0 Å². The van der Waals surface area contributed by atoms with Crippen LogP contribution in [0.4, 0.5) is 0 Å². The van der Waals surface area contributed by atoms with Gasteiger partial charge in [0.25, 0.3) is 0 Å². The molecule has 0 aromatic rings. The third-order valence-electron chi connectivity index (χ3n) is 4.95. The van der Waals surface area contributed by atoms with E-state index in [0.29, 0.717) is 18.6 Å². The molecule has 0 amide bonds. The first-order valence-electron chi connectivity index (χ1n) is 9.75. The number of esters is 1. The highest BCUT2D eigenvalue weighted by Crippen LogP contribution is 2.30. The second kappa shape index (κ2) is 11.0. The highest BCUT2D eigenvalue weighted by molar-refractivity contribution is 5.94. The van der Waals surface area contributed by atoms with Gasteiger partial charge in [0, 0.05) is 18.3 Å². The predicted octanol–water partition coefficient (Wildman–Crippen LogP) is 4.97. The number of allylic oxidation sites excluding steroid dienone is 3. The monoisotopic (exact) mass is 346 g/mol. The molecule has 1 rings (SSSR count). The maximum absolute atomic E-state index is 12.1. The standard InChI is InChI=1S/C21H34N2O2/c1-6-10-17(5)23(15-16(4)7-2)19-12-9-11-18(13-19)20(14-22)21(24)25-8-3/h13,16-17H,6-12,15H2,1-5H3. The lowest BCUT2D eigenvalue weighted by atomic mass is 9.93. The fourth-order valence-corrected chi connectivity index (χ4v) is 3.30. The van der Waals surface area contributed by atoms with E-state index in [1.54, 1.807) is 6.92 Å². The molecule has 2 atom stereocenters. The smallest absolute Gasteiger partial charge is 0.349 e. The average molecular weight is 347 g/mol. The van der Waals surface area contributed by atoms with Crippen LogP contribution in [0, 0.1) is 17.2 Å². The number of carbonyl (C=O) groups excluding carboxylic acids is 1. The molecule has 0 radical (unpaired) electrons. The number of carbonyl (C=O) groups is 1. The topological polar surface area (TPSA) is 53.3 Å². The van der Waals surface area contributed by atoms with Crippen LogP contribution in [0.3, 0.4) is 0 Å². The fourth-order valence-electron chi connectivity index (χ4n) is 3.30. The lowest BCUT2D eigenvalue weighted by molar-refractivity contribution is -0.138. The van der Waals surface area contributed by atoms with Crippen molar-refractivity contribution in [2.75, 3.05) is 13.2 Å². The van der Waals surface area contributed by atoms with Crippen molar-refractivity contribution in [1.29, 1.82) is 5.26 Å². The van der Waals surface area contributed by atoms with E-state index < -0.39 is 5.97 Å². The van der Waals surface area contributed by atoms with Gasteiger partial charge in [-0.05, 0) is 57.1 Å². The Hall–Kier alpha value is -1.76. The van der Waals surface area contributed by atoms with Gasteiger partial charge in [-0.15, -0.1) is 0 Å². The minimum atomic E-state index is -0.493. The highest BCUT2D eigenvalue weighted by Gasteiger charge is 2.23. The summed E-state index contributed by atoms with van der Waals surface area (Å²) in [7, 11) is 0. The molecule has 4 heteroatoms. The van der Waals surface area contributed by atoms with Crippen molar-refractivity contribution in [2.45, 2.75) is 79.2 Å². The third-order valence-corrected chi connectivity index (χ3v) is 4.95. The van der Waals surface area contributed by atoms with Crippen LogP contribution in [0.15, 0.2) is 22.9 Å². The number of ether oxygens (including phenoxy) is 1. The van der Waals surface area contributed by atoms with Gasteiger partial charge in [-0.2, -0.15) is 5.26 Å². The molecule has 0 aromatic heterocycles. The predicted molar refractivity (Wildman–Crippen MR) is 102 cm³/mol. The van der Waals surface area contributed by atoms with Crippen LogP contribution in [0.5, 0.6) is 0 Å². The zero-order valence-corrected chi connectivity index (χ0v) is 16.6. The summed E-state index contributed by atoms with van der Waals surface area (Å²) in [5.74, 6) is 0.127. The molecule has 0 saturated carbocycles. The molecular weight excluding hydrogens is 312 g/mol. The highest BCUT2D eigenvalue weighted by atomic mass is 16.5. The normalized spacial score (nSPS) is 18.6. The molecule has 0 spiro atoms. The van der Waals surface area contributed by atoms with Gasteiger partial charge in [0.1, 0.15) is 11.6 Å². The van der Waals surface area contributed by atoms with Crippen LogP contribution in [0.25, 0.3) is 0 Å². The summed E-state index contributed by atoms with van der Waals surface area (Å²) in [5, 5.41) is 9.43. The van der Waals surface area contributed by atoms with Gasteiger partial charge < -0.3 is 9.64 Å². The number of rotatable bonds is 9. The van der Waals surface area contributed by atoms with E-state index in [9.17, 15) is 10.1 Å². The number of nitrogens with zero attached hydrogens (tertiary/aromatic N) is 2. The molecule has 140 valence electrons. The molecule has 0 saturated heterocycles. The minimum Gasteiger partial charge on any atom is -0.462 e. The van der Waals surface area contributed by atoms with Crippen LogP contribution in [-0.4, -0.2) is 30.1 Å². The molecule has 0 fully saturated rings. The Kier molecular flexibility index (Phi) is 9.34. The summed E-state index contributed by atoms with van der Waals surface area (Å²) in [4.78, 5) is 14.6. The Bertz CT molecular complexity index is 543. The second-order valence-corrected chi connectivity index (χ2v) is 7.03. The first kappa shape index (κ1) is 21.3. The van der Waals surface area contributed by atoms with Gasteiger partial charge in [0.2, 0.25) is 0 Å². The number of nitriles is 1. The van der Waals surface area contributed by atoms with Crippen molar-refractivity contribution < 1.29 is 9.53 Å². The third kappa shape index (κ3) is 6.23. The van der Waals surface area contributed by atoms with Gasteiger partial charge in [-0.25, -0.2) is 4.79 Å². The molecule has 2 unspecified atom stereocenters. The fraction of sp³-hybridized carbons (Fsp3) is 0.714. The molecule has 1 aliphatic carbocycles. The van der Waals surface area contributed by atoms with Crippen LogP contribution in [0.1, 0.15) is 73.1 Å². The van der Waals surface area contributed by atoms with Crippen LogP contribution in [-0.2, 0) is 9.53 Å². The van der Waals surface area contributed by atoms with E-state index in [2.05, 4.69) is 44.7 Å². The molecule has 0 aromatic carbocycles. The van der Waals surface area contributed by atoms with E-state index >= 15 is 0 Å². The van der Waals surface area contributed by atoms with Crippen molar-refractivity contribution >= 4 is 5.97 Å². The van der Waals surface area contributed by atoms with Crippen molar-refractivity contribution in [3.8, 4) is 6.07 Å². The van der Waals surface area contributed by atoms with Gasteiger partial charge in [0.15, 0.2) is 0 Å². The van der Waals surface area contributed by atoms with Crippen LogP contribution >= 0.6 is 0 Å². The lowest BCUT2D eigenvalue weighted by Gasteiger charge is -2.37. The van der Waals surface area contributed by atoms with E-state index in [4.69, 9.17) is 4.74 Å². The maximum Gasteiger partial charge on any atom is 0.349 e. The Labute approximate surface area is 153 Å². The average Bonchev–Trinajstić information content (AvgIpc) is 2.60. The van der Waals surface area contributed by atoms with Crippen molar-refractivity contribution in [3.05, 3.63) is 22.9 Å². The first-order chi connectivity index (χ1) is 12.0. The minimum absolute atomic E-state index is 0.172. The Balaban J connectivity index is 3.18. The Morgan fingerprint density at radius 2 is 2.04 bits per heavy atom. The second-order valence-electron chi connectivity index (χ2n) is 7.03. The number of hydrogen-bond acceptors (Lipinski definition) is 4. The molecule has 25 heavy (non-hydrogen) atoms. The lowest BCUT2D eigenvalue weighted by Crippen LogP contribution is -2.36. The molecule has 0 bridgehead atoms. The zero-order chi connectivity index (χ0) is 18.8. The largest absolute Gasteiger partial charge is 0.462 e. The molecule has 1 aliphatic rings. The maximum atomic E-state index is 12.1.